The maximum absolute atomic E-state index is 5.98. The fourth-order valence-corrected chi connectivity index (χ4v) is 1.91. The molecule has 0 radical (unpaired) electrons. The molecule has 2 rings (SSSR count). The van der Waals surface area contributed by atoms with Crippen molar-refractivity contribution in [2.75, 3.05) is 18.5 Å². The molecule has 2 aromatic rings. The summed E-state index contributed by atoms with van der Waals surface area (Å²) in [5.41, 5.74) is 0.893. The molecule has 0 saturated heterocycles. The summed E-state index contributed by atoms with van der Waals surface area (Å²) in [6.07, 6.45) is 3.40. The minimum absolute atomic E-state index is 0.474. The Bertz CT molecular complexity index is 565. The molecule has 1 heterocycles. The van der Waals surface area contributed by atoms with Crippen molar-refractivity contribution in [3.63, 3.8) is 0 Å². The van der Waals surface area contributed by atoms with Crippen LogP contribution in [-0.2, 0) is 0 Å². The Balaban J connectivity index is 1.69. The highest BCUT2D eigenvalue weighted by Crippen LogP contribution is 2.22. The van der Waals surface area contributed by atoms with Gasteiger partial charge in [-0.3, -0.25) is 4.98 Å². The molecule has 0 saturated carbocycles. The van der Waals surface area contributed by atoms with E-state index in [2.05, 4.69) is 15.6 Å². The van der Waals surface area contributed by atoms with Crippen LogP contribution in [0, 0.1) is 0 Å². The topological polar surface area (TPSA) is 46.2 Å². The molecular weight excluding hydrogens is 294 g/mol. The monoisotopic (exact) mass is 307 g/mol. The van der Waals surface area contributed by atoms with E-state index >= 15 is 0 Å². The standard InChI is InChI=1S/C14H14ClN3OS/c15-12-3-1-2-4-13(12)19-10-9-17-14(20)18-11-5-7-16-8-6-11/h1-8H,9-10H2,(H2,16,17,18,20). The molecule has 0 aliphatic heterocycles. The summed E-state index contributed by atoms with van der Waals surface area (Å²) in [7, 11) is 0. The van der Waals surface area contributed by atoms with Gasteiger partial charge in [0.05, 0.1) is 11.6 Å². The number of hydrogen-bond donors (Lipinski definition) is 2. The zero-order valence-corrected chi connectivity index (χ0v) is 12.2. The van der Waals surface area contributed by atoms with Crippen LogP contribution in [0.15, 0.2) is 48.8 Å². The van der Waals surface area contributed by atoms with Crippen LogP contribution in [-0.4, -0.2) is 23.2 Å². The van der Waals surface area contributed by atoms with E-state index in [1.165, 1.54) is 0 Å². The number of nitrogens with one attached hydrogen (secondary N) is 2. The largest absolute Gasteiger partial charge is 0.490 e. The van der Waals surface area contributed by atoms with Gasteiger partial charge in [-0.25, -0.2) is 0 Å². The van der Waals surface area contributed by atoms with Crippen LogP contribution in [0.4, 0.5) is 5.69 Å². The normalized spacial score (nSPS) is 9.85. The first-order valence-electron chi connectivity index (χ1n) is 6.08. The van der Waals surface area contributed by atoms with Crippen molar-refractivity contribution < 1.29 is 4.74 Å². The maximum Gasteiger partial charge on any atom is 0.170 e. The van der Waals surface area contributed by atoms with Gasteiger partial charge in [-0.1, -0.05) is 23.7 Å². The molecule has 0 spiro atoms. The van der Waals surface area contributed by atoms with E-state index in [0.29, 0.717) is 29.0 Å². The Morgan fingerprint density at radius 2 is 1.95 bits per heavy atom. The Morgan fingerprint density at radius 3 is 2.70 bits per heavy atom. The number of benzene rings is 1. The predicted molar refractivity (Wildman–Crippen MR) is 85.4 cm³/mol. The lowest BCUT2D eigenvalue weighted by Crippen LogP contribution is -2.31. The van der Waals surface area contributed by atoms with E-state index in [9.17, 15) is 0 Å². The molecule has 0 unspecified atom stereocenters. The minimum Gasteiger partial charge on any atom is -0.490 e. The van der Waals surface area contributed by atoms with Gasteiger partial charge in [-0.2, -0.15) is 0 Å². The van der Waals surface area contributed by atoms with Crippen molar-refractivity contribution in [1.82, 2.24) is 10.3 Å². The lowest BCUT2D eigenvalue weighted by Gasteiger charge is -2.11. The molecule has 20 heavy (non-hydrogen) atoms. The van der Waals surface area contributed by atoms with Crippen LogP contribution in [0.25, 0.3) is 0 Å². The number of rotatable bonds is 5. The number of hydrogen-bond acceptors (Lipinski definition) is 3. The van der Waals surface area contributed by atoms with Gasteiger partial charge in [-0.05, 0) is 36.5 Å². The van der Waals surface area contributed by atoms with Gasteiger partial charge in [0.1, 0.15) is 12.4 Å². The van der Waals surface area contributed by atoms with Crippen LogP contribution in [0.5, 0.6) is 5.75 Å². The highest BCUT2D eigenvalue weighted by molar-refractivity contribution is 7.80. The van der Waals surface area contributed by atoms with Crippen LogP contribution in [0.3, 0.4) is 0 Å². The summed E-state index contributed by atoms with van der Waals surface area (Å²) in [4.78, 5) is 3.93. The van der Waals surface area contributed by atoms with Crippen LogP contribution >= 0.6 is 23.8 Å². The third kappa shape index (κ3) is 4.68. The van der Waals surface area contributed by atoms with E-state index in [1.54, 1.807) is 18.5 Å². The molecule has 4 nitrogen and oxygen atoms in total. The van der Waals surface area contributed by atoms with Crippen LogP contribution in [0.2, 0.25) is 5.02 Å². The average molecular weight is 308 g/mol. The van der Waals surface area contributed by atoms with Crippen molar-refractivity contribution >= 4 is 34.6 Å². The van der Waals surface area contributed by atoms with Gasteiger partial charge in [0, 0.05) is 18.1 Å². The number of thiocarbonyl (C=S) groups is 1. The molecule has 104 valence electrons. The fraction of sp³-hybridized carbons (Fsp3) is 0.143. The number of aromatic nitrogens is 1. The molecule has 1 aromatic carbocycles. The molecule has 6 heteroatoms. The Hall–Kier alpha value is -1.85. The second-order valence-corrected chi connectivity index (χ2v) is 4.71. The van der Waals surface area contributed by atoms with Crippen molar-refractivity contribution in [2.24, 2.45) is 0 Å². The van der Waals surface area contributed by atoms with Gasteiger partial charge in [-0.15, -0.1) is 0 Å². The van der Waals surface area contributed by atoms with Crippen molar-refractivity contribution in [2.45, 2.75) is 0 Å². The maximum atomic E-state index is 5.98. The molecule has 0 aliphatic carbocycles. The van der Waals surface area contributed by atoms with Gasteiger partial charge in [0.15, 0.2) is 5.11 Å². The van der Waals surface area contributed by atoms with Gasteiger partial charge in [0.2, 0.25) is 0 Å². The summed E-state index contributed by atoms with van der Waals surface area (Å²) < 4.78 is 5.55. The third-order valence-corrected chi connectivity index (χ3v) is 2.98. The smallest absolute Gasteiger partial charge is 0.170 e. The lowest BCUT2D eigenvalue weighted by atomic mass is 10.3. The third-order valence-electron chi connectivity index (χ3n) is 2.42. The number of halogens is 1. The summed E-state index contributed by atoms with van der Waals surface area (Å²) >= 11 is 11.2. The molecule has 0 amide bonds. The molecule has 2 N–H and O–H groups in total. The van der Waals surface area contributed by atoms with Crippen molar-refractivity contribution in [1.29, 1.82) is 0 Å². The summed E-state index contributed by atoms with van der Waals surface area (Å²) in [6.45, 7) is 1.06. The Labute approximate surface area is 128 Å². The zero-order chi connectivity index (χ0) is 14.2. The SMILES string of the molecule is S=C(NCCOc1ccccc1Cl)Nc1ccncc1. The molecular formula is C14H14ClN3OS. The van der Waals surface area contributed by atoms with E-state index < -0.39 is 0 Å². The second kappa shape index (κ2) is 7.67. The first kappa shape index (κ1) is 14.6. The number of pyridine rings is 1. The molecule has 1 aromatic heterocycles. The summed E-state index contributed by atoms with van der Waals surface area (Å²) in [5, 5.41) is 7.25. The Kier molecular flexibility index (Phi) is 5.58. The van der Waals surface area contributed by atoms with Crippen LogP contribution in [0.1, 0.15) is 0 Å². The van der Waals surface area contributed by atoms with E-state index in [-0.39, 0.29) is 0 Å². The number of para-hydroxylation sites is 1. The number of anilines is 1. The van der Waals surface area contributed by atoms with Gasteiger partial charge < -0.3 is 15.4 Å². The number of ether oxygens (including phenoxy) is 1. The van der Waals surface area contributed by atoms with Crippen molar-refractivity contribution in [3.8, 4) is 5.75 Å². The molecule has 0 fully saturated rings. The lowest BCUT2D eigenvalue weighted by molar-refractivity contribution is 0.323. The zero-order valence-electron chi connectivity index (χ0n) is 10.7. The minimum atomic E-state index is 0.474. The van der Waals surface area contributed by atoms with E-state index in [0.717, 1.165) is 5.69 Å². The first-order chi connectivity index (χ1) is 9.75. The first-order valence-corrected chi connectivity index (χ1v) is 6.86. The fourth-order valence-electron chi connectivity index (χ4n) is 1.50. The van der Waals surface area contributed by atoms with Gasteiger partial charge in [0.25, 0.3) is 0 Å². The second-order valence-electron chi connectivity index (χ2n) is 3.90. The Morgan fingerprint density at radius 1 is 1.20 bits per heavy atom. The summed E-state index contributed by atoms with van der Waals surface area (Å²) in [5.74, 6) is 0.670. The molecule has 0 aliphatic rings. The van der Waals surface area contributed by atoms with Crippen LogP contribution < -0.4 is 15.4 Å². The molecule has 0 bridgehead atoms. The average Bonchev–Trinajstić information content (AvgIpc) is 2.46. The molecule has 0 atom stereocenters. The predicted octanol–water partition coefficient (Wildman–Crippen LogP) is 3.10. The quantitative estimate of drug-likeness (QED) is 0.656. The van der Waals surface area contributed by atoms with Crippen molar-refractivity contribution in [3.05, 3.63) is 53.8 Å². The summed E-state index contributed by atoms with van der Waals surface area (Å²) in [6, 6.07) is 11.0. The van der Waals surface area contributed by atoms with E-state index in [1.807, 2.05) is 30.3 Å². The number of nitrogens with zero attached hydrogens (tertiary/aromatic N) is 1. The van der Waals surface area contributed by atoms with Gasteiger partial charge >= 0.3 is 0 Å². The van der Waals surface area contributed by atoms with E-state index in [4.69, 9.17) is 28.6 Å². The highest BCUT2D eigenvalue weighted by atomic mass is 35.5. The highest BCUT2D eigenvalue weighted by Gasteiger charge is 2.00.